The van der Waals surface area contributed by atoms with E-state index < -0.39 is 49.8 Å². The molecule has 2 aromatic rings. The molecule has 22 heavy (non-hydrogen) atoms. The molecular weight excluding hydrogens is 317 g/mol. The second-order valence-corrected chi connectivity index (χ2v) is 6.33. The van der Waals surface area contributed by atoms with Gasteiger partial charge in [0.2, 0.25) is 0 Å². The van der Waals surface area contributed by atoms with E-state index in [1.165, 1.54) is 0 Å². The summed E-state index contributed by atoms with van der Waals surface area (Å²) >= 11 is 0. The van der Waals surface area contributed by atoms with Crippen molar-refractivity contribution in [2.45, 2.75) is 10.6 Å². The van der Waals surface area contributed by atoms with Crippen LogP contribution in [-0.4, -0.2) is 24.3 Å². The van der Waals surface area contributed by atoms with Crippen molar-refractivity contribution in [3.8, 4) is 0 Å². The van der Waals surface area contributed by atoms with Crippen molar-refractivity contribution in [1.29, 1.82) is 0 Å². The molecule has 2 rings (SSSR count). The van der Waals surface area contributed by atoms with E-state index in [-0.39, 0.29) is 4.90 Å². The third-order valence-electron chi connectivity index (χ3n) is 2.79. The third-order valence-corrected chi connectivity index (χ3v) is 4.45. The number of carbonyl (C=O) groups is 1. The van der Waals surface area contributed by atoms with Gasteiger partial charge in [0.1, 0.15) is 11.5 Å². The number of benzene rings is 1. The predicted octanol–water partition coefficient (Wildman–Crippen LogP) is -0.725. The number of H-pyrrole nitrogens is 2. The van der Waals surface area contributed by atoms with Crippen LogP contribution in [0.2, 0.25) is 0 Å². The molecule has 0 unspecified atom stereocenters. The van der Waals surface area contributed by atoms with Crippen LogP contribution >= 0.6 is 0 Å². The normalized spacial score (nSPS) is 11.3. The van der Waals surface area contributed by atoms with Crippen LogP contribution in [-0.2, 0) is 15.6 Å². The van der Waals surface area contributed by atoms with Gasteiger partial charge in [-0.05, 0) is 24.3 Å². The zero-order chi connectivity index (χ0) is 16.5. The lowest BCUT2D eigenvalue weighted by atomic mass is 10.2. The molecule has 4 N–H and O–H groups in total. The highest BCUT2D eigenvalue weighted by molar-refractivity contribution is 7.90. The molecule has 1 amide bonds. The summed E-state index contributed by atoms with van der Waals surface area (Å²) in [7, 11) is -4.04. The van der Waals surface area contributed by atoms with Gasteiger partial charge in [-0.1, -0.05) is 0 Å². The Kier molecular flexibility index (Phi) is 3.95. The van der Waals surface area contributed by atoms with Gasteiger partial charge in [-0.15, -0.1) is 0 Å². The lowest BCUT2D eigenvalue weighted by molar-refractivity contribution is 0.0994. The average molecular weight is 327 g/mol. The van der Waals surface area contributed by atoms with Crippen LogP contribution in [0.4, 0.5) is 4.39 Å². The molecule has 0 aliphatic carbocycles. The number of nitrogens with two attached hydrogens (primary N) is 1. The number of sulfone groups is 1. The number of carbonyl (C=O) groups excluding carboxylic acids is 1. The quantitative estimate of drug-likeness (QED) is 0.635. The van der Waals surface area contributed by atoms with E-state index >= 15 is 0 Å². The van der Waals surface area contributed by atoms with Crippen molar-refractivity contribution >= 4 is 15.7 Å². The maximum Gasteiger partial charge on any atom is 0.326 e. The molecule has 0 saturated heterocycles. The molecule has 0 fully saturated rings. The molecule has 1 heterocycles. The topological polar surface area (TPSA) is 143 Å². The van der Waals surface area contributed by atoms with Gasteiger partial charge >= 0.3 is 5.69 Å². The van der Waals surface area contributed by atoms with Crippen molar-refractivity contribution in [2.24, 2.45) is 5.73 Å². The van der Waals surface area contributed by atoms with Gasteiger partial charge in [-0.3, -0.25) is 14.6 Å². The first-order valence-electron chi connectivity index (χ1n) is 5.84. The Balaban J connectivity index is 2.55. The first-order valence-corrected chi connectivity index (χ1v) is 7.49. The highest BCUT2D eigenvalue weighted by Gasteiger charge is 2.22. The molecule has 8 nitrogen and oxygen atoms in total. The van der Waals surface area contributed by atoms with Crippen molar-refractivity contribution in [2.75, 3.05) is 0 Å². The summed E-state index contributed by atoms with van der Waals surface area (Å²) in [6.45, 7) is 0. The summed E-state index contributed by atoms with van der Waals surface area (Å²) in [5.41, 5.74) is 1.93. The van der Waals surface area contributed by atoms with E-state index in [1.807, 2.05) is 9.97 Å². The minimum atomic E-state index is -4.04. The number of amides is 1. The number of primary amides is 1. The maximum absolute atomic E-state index is 12.8. The predicted molar refractivity (Wildman–Crippen MR) is 73.5 cm³/mol. The van der Waals surface area contributed by atoms with Crippen molar-refractivity contribution in [3.63, 3.8) is 0 Å². The molecule has 0 atom stereocenters. The Labute approximate surface area is 122 Å². The molecule has 10 heteroatoms. The number of halogens is 1. The van der Waals surface area contributed by atoms with Gasteiger partial charge in [0.15, 0.2) is 9.84 Å². The molecule has 116 valence electrons. The molecule has 0 aliphatic rings. The number of hydrogen-bond acceptors (Lipinski definition) is 5. The van der Waals surface area contributed by atoms with Crippen LogP contribution in [0.1, 0.15) is 16.1 Å². The van der Waals surface area contributed by atoms with Crippen LogP contribution in [0.5, 0.6) is 0 Å². The van der Waals surface area contributed by atoms with Gasteiger partial charge < -0.3 is 10.7 Å². The fraction of sp³-hybridized carbons (Fsp3) is 0.0833. The van der Waals surface area contributed by atoms with Crippen LogP contribution in [0.3, 0.4) is 0 Å². The number of aromatic amines is 2. The lowest BCUT2D eigenvalue weighted by Crippen LogP contribution is -2.33. The van der Waals surface area contributed by atoms with Crippen LogP contribution < -0.4 is 17.0 Å². The molecule has 0 spiro atoms. The van der Waals surface area contributed by atoms with E-state index in [2.05, 4.69) is 0 Å². The summed E-state index contributed by atoms with van der Waals surface area (Å²) in [6.07, 6.45) is 0. The molecule has 0 radical (unpaired) electrons. The van der Waals surface area contributed by atoms with E-state index in [0.717, 1.165) is 24.3 Å². The Hall–Kier alpha value is -2.75. The fourth-order valence-electron chi connectivity index (χ4n) is 1.78. The highest BCUT2D eigenvalue weighted by atomic mass is 32.2. The van der Waals surface area contributed by atoms with Crippen molar-refractivity contribution in [3.05, 3.63) is 62.2 Å². The van der Waals surface area contributed by atoms with Crippen molar-refractivity contribution in [1.82, 2.24) is 9.97 Å². The van der Waals surface area contributed by atoms with E-state index in [1.54, 1.807) is 0 Å². The Morgan fingerprint density at radius 1 is 1.14 bits per heavy atom. The Morgan fingerprint density at radius 3 is 2.27 bits per heavy atom. The molecule has 0 saturated carbocycles. The number of aromatic nitrogens is 2. The summed E-state index contributed by atoms with van der Waals surface area (Å²) in [5, 5.41) is 0. The summed E-state index contributed by atoms with van der Waals surface area (Å²) in [5.74, 6) is -2.64. The smallest absolute Gasteiger partial charge is 0.326 e. The molecule has 0 bridgehead atoms. The van der Waals surface area contributed by atoms with Gasteiger partial charge in [0.25, 0.3) is 11.5 Å². The van der Waals surface area contributed by atoms with Gasteiger partial charge in [0, 0.05) is 0 Å². The molecule has 1 aromatic heterocycles. The Bertz CT molecular complexity index is 944. The zero-order valence-electron chi connectivity index (χ0n) is 10.9. The minimum absolute atomic E-state index is 0.241. The number of rotatable bonds is 4. The highest BCUT2D eigenvalue weighted by Crippen LogP contribution is 2.16. The van der Waals surface area contributed by atoms with Crippen LogP contribution in [0.25, 0.3) is 0 Å². The van der Waals surface area contributed by atoms with Crippen molar-refractivity contribution < 1.29 is 17.6 Å². The Morgan fingerprint density at radius 2 is 1.73 bits per heavy atom. The first-order chi connectivity index (χ1) is 10.2. The van der Waals surface area contributed by atoms with Gasteiger partial charge in [-0.25, -0.2) is 17.6 Å². The second-order valence-electron chi connectivity index (χ2n) is 4.34. The molecule has 1 aromatic carbocycles. The SMILES string of the molecule is NC(=O)c1[nH]c(=O)[nH]c(=O)c1CS(=O)(=O)c1ccc(F)cc1. The van der Waals surface area contributed by atoms with Gasteiger partial charge in [0.05, 0.1) is 16.2 Å². The molecule has 0 aliphatic heterocycles. The first kappa shape index (κ1) is 15.6. The summed E-state index contributed by atoms with van der Waals surface area (Å²) in [4.78, 5) is 37.7. The lowest BCUT2D eigenvalue weighted by Gasteiger charge is -2.07. The number of nitrogens with one attached hydrogen (secondary N) is 2. The van der Waals surface area contributed by atoms with E-state index in [9.17, 15) is 27.2 Å². The number of hydrogen-bond donors (Lipinski definition) is 3. The van der Waals surface area contributed by atoms with Crippen LogP contribution in [0.15, 0.2) is 38.8 Å². The monoisotopic (exact) mass is 327 g/mol. The van der Waals surface area contributed by atoms with E-state index in [4.69, 9.17) is 5.73 Å². The largest absolute Gasteiger partial charge is 0.364 e. The standard InChI is InChI=1S/C12H10FN3O5S/c13-6-1-3-7(4-2-6)22(20,21)5-8-9(10(14)17)15-12(19)16-11(8)18/h1-4H,5H2,(H2,14,17)(H2,15,16,18,19). The van der Waals surface area contributed by atoms with Crippen LogP contribution in [0, 0.1) is 5.82 Å². The van der Waals surface area contributed by atoms with Gasteiger partial charge in [-0.2, -0.15) is 0 Å². The zero-order valence-corrected chi connectivity index (χ0v) is 11.7. The summed E-state index contributed by atoms with van der Waals surface area (Å²) in [6, 6.07) is 3.93. The third kappa shape index (κ3) is 3.11. The minimum Gasteiger partial charge on any atom is -0.364 e. The summed E-state index contributed by atoms with van der Waals surface area (Å²) < 4.78 is 37.2. The average Bonchev–Trinajstić information content (AvgIpc) is 2.41. The molecular formula is C12H10FN3O5S. The van der Waals surface area contributed by atoms with E-state index in [0.29, 0.717) is 0 Å². The second kappa shape index (κ2) is 5.56. The fourth-order valence-corrected chi connectivity index (χ4v) is 3.15. The maximum atomic E-state index is 12.8.